The quantitative estimate of drug-likeness (QED) is 0.650. The zero-order valence-corrected chi connectivity index (χ0v) is 11.0. The summed E-state index contributed by atoms with van der Waals surface area (Å²) in [5, 5.41) is 0.484. The first kappa shape index (κ1) is 12.9. The number of carbonyl (C=O) groups is 1. The number of nitrogens with zero attached hydrogens (tertiary/aromatic N) is 1. The molecule has 0 aliphatic rings. The van der Waals surface area contributed by atoms with E-state index in [2.05, 4.69) is 13.8 Å². The third-order valence-corrected chi connectivity index (χ3v) is 3.12. The van der Waals surface area contributed by atoms with E-state index in [1.165, 1.54) is 0 Å². The van der Waals surface area contributed by atoms with E-state index in [9.17, 15) is 4.79 Å². The fourth-order valence-corrected chi connectivity index (χ4v) is 2.15. The summed E-state index contributed by atoms with van der Waals surface area (Å²) in [4.78, 5) is 14.3. The lowest BCUT2D eigenvalue weighted by atomic mass is 10.2. The Kier molecular flexibility index (Phi) is 4.24. The molecule has 0 aliphatic heterocycles. The van der Waals surface area contributed by atoms with Gasteiger partial charge in [-0.1, -0.05) is 13.8 Å². The molecule has 88 valence electrons. The van der Waals surface area contributed by atoms with E-state index in [0.29, 0.717) is 16.5 Å². The third-order valence-electron chi connectivity index (χ3n) is 2.03. The van der Waals surface area contributed by atoms with Crippen LogP contribution in [0.2, 0.25) is 0 Å². The maximum absolute atomic E-state index is 11.7. The highest BCUT2D eigenvalue weighted by Gasteiger charge is 2.10. The first-order chi connectivity index (χ1) is 7.41. The van der Waals surface area contributed by atoms with Crippen molar-refractivity contribution in [3.63, 3.8) is 0 Å². The fraction of sp³-hybridized carbons (Fsp3) is 0.417. The number of nitrogen functional groups attached to an aromatic ring is 1. The lowest BCUT2D eigenvalue weighted by Crippen LogP contribution is -2.21. The molecular formula is C12H18N2OS. The smallest absolute Gasteiger partial charge is 0.253 e. The molecular weight excluding hydrogens is 220 g/mol. The zero-order valence-electron chi connectivity index (χ0n) is 10.2. The Morgan fingerprint density at radius 3 is 2.44 bits per heavy atom. The Hall–Kier alpha value is -1.16. The molecule has 0 unspecified atom stereocenters. The lowest BCUT2D eigenvalue weighted by molar-refractivity contribution is 0.0827. The number of anilines is 1. The molecule has 0 saturated carbocycles. The summed E-state index contributed by atoms with van der Waals surface area (Å²) in [5.41, 5.74) is 7.22. The summed E-state index contributed by atoms with van der Waals surface area (Å²) >= 11 is 1.70. The van der Waals surface area contributed by atoms with Crippen LogP contribution < -0.4 is 5.73 Å². The van der Waals surface area contributed by atoms with Crippen molar-refractivity contribution in [3.8, 4) is 0 Å². The minimum absolute atomic E-state index is 0.0206. The first-order valence-corrected chi connectivity index (χ1v) is 6.07. The Balaban J connectivity index is 2.95. The van der Waals surface area contributed by atoms with Crippen molar-refractivity contribution in [1.82, 2.24) is 4.90 Å². The van der Waals surface area contributed by atoms with Gasteiger partial charge in [0.15, 0.2) is 0 Å². The largest absolute Gasteiger partial charge is 0.398 e. The van der Waals surface area contributed by atoms with E-state index < -0.39 is 0 Å². The van der Waals surface area contributed by atoms with Gasteiger partial charge in [0, 0.05) is 35.5 Å². The molecule has 16 heavy (non-hydrogen) atoms. The van der Waals surface area contributed by atoms with Gasteiger partial charge in [-0.3, -0.25) is 4.79 Å². The Morgan fingerprint density at radius 1 is 1.38 bits per heavy atom. The Morgan fingerprint density at radius 2 is 2.00 bits per heavy atom. The summed E-state index contributed by atoms with van der Waals surface area (Å²) in [6.07, 6.45) is 0. The number of nitrogens with two attached hydrogens (primary N) is 1. The highest BCUT2D eigenvalue weighted by molar-refractivity contribution is 8.00. The molecule has 3 nitrogen and oxygen atoms in total. The summed E-state index contributed by atoms with van der Waals surface area (Å²) in [7, 11) is 3.46. The molecule has 2 N–H and O–H groups in total. The monoisotopic (exact) mass is 238 g/mol. The van der Waals surface area contributed by atoms with E-state index >= 15 is 0 Å². The van der Waals surface area contributed by atoms with Crippen molar-refractivity contribution >= 4 is 23.4 Å². The van der Waals surface area contributed by atoms with Crippen LogP contribution in [0.4, 0.5) is 5.69 Å². The van der Waals surface area contributed by atoms with E-state index in [4.69, 9.17) is 5.73 Å². The van der Waals surface area contributed by atoms with Gasteiger partial charge in [-0.15, -0.1) is 11.8 Å². The minimum Gasteiger partial charge on any atom is -0.398 e. The van der Waals surface area contributed by atoms with Crippen LogP contribution in [0.3, 0.4) is 0 Å². The van der Waals surface area contributed by atoms with E-state index in [1.54, 1.807) is 36.8 Å². The van der Waals surface area contributed by atoms with Crippen molar-refractivity contribution in [2.45, 2.75) is 24.0 Å². The molecule has 0 atom stereocenters. The number of thioether (sulfide) groups is 1. The fourth-order valence-electron chi connectivity index (χ4n) is 1.30. The maximum atomic E-state index is 11.7. The maximum Gasteiger partial charge on any atom is 0.253 e. The number of rotatable bonds is 3. The van der Waals surface area contributed by atoms with Gasteiger partial charge in [-0.2, -0.15) is 0 Å². The molecule has 0 fully saturated rings. The molecule has 0 radical (unpaired) electrons. The predicted molar refractivity (Wildman–Crippen MR) is 69.9 cm³/mol. The summed E-state index contributed by atoms with van der Waals surface area (Å²) in [6.45, 7) is 4.23. The van der Waals surface area contributed by atoms with E-state index in [-0.39, 0.29) is 5.91 Å². The molecule has 0 spiro atoms. The first-order valence-electron chi connectivity index (χ1n) is 5.19. The summed E-state index contributed by atoms with van der Waals surface area (Å²) < 4.78 is 0. The highest BCUT2D eigenvalue weighted by Crippen LogP contribution is 2.29. The Bertz CT molecular complexity index is 389. The van der Waals surface area contributed by atoms with Gasteiger partial charge in [-0.25, -0.2) is 0 Å². The van der Waals surface area contributed by atoms with Crippen LogP contribution in [0.5, 0.6) is 0 Å². The molecule has 1 aromatic carbocycles. The molecule has 0 heterocycles. The molecule has 1 rings (SSSR count). The van der Waals surface area contributed by atoms with Gasteiger partial charge in [-0.05, 0) is 18.2 Å². The van der Waals surface area contributed by atoms with Crippen LogP contribution >= 0.6 is 11.8 Å². The van der Waals surface area contributed by atoms with Crippen LogP contribution in [-0.4, -0.2) is 30.2 Å². The van der Waals surface area contributed by atoms with Crippen molar-refractivity contribution in [3.05, 3.63) is 23.8 Å². The van der Waals surface area contributed by atoms with E-state index in [1.807, 2.05) is 12.1 Å². The van der Waals surface area contributed by atoms with E-state index in [0.717, 1.165) is 4.90 Å². The SMILES string of the molecule is CC(C)Sc1ccc(C(=O)N(C)C)cc1N. The average Bonchev–Trinajstić information content (AvgIpc) is 2.19. The topological polar surface area (TPSA) is 46.3 Å². The zero-order chi connectivity index (χ0) is 12.3. The second-order valence-corrected chi connectivity index (χ2v) is 5.74. The molecule has 0 aromatic heterocycles. The van der Waals surface area contributed by atoms with Gasteiger partial charge in [0.25, 0.3) is 5.91 Å². The number of hydrogen-bond acceptors (Lipinski definition) is 3. The lowest BCUT2D eigenvalue weighted by Gasteiger charge is -2.13. The second-order valence-electron chi connectivity index (χ2n) is 4.12. The summed E-state index contributed by atoms with van der Waals surface area (Å²) in [5.74, 6) is -0.0206. The highest BCUT2D eigenvalue weighted by atomic mass is 32.2. The van der Waals surface area contributed by atoms with Crippen molar-refractivity contribution in [2.75, 3.05) is 19.8 Å². The molecule has 0 bridgehead atoms. The van der Waals surface area contributed by atoms with Crippen LogP contribution in [0, 0.1) is 0 Å². The minimum atomic E-state index is -0.0206. The summed E-state index contributed by atoms with van der Waals surface area (Å²) in [6, 6.07) is 5.48. The predicted octanol–water partition coefficient (Wildman–Crippen LogP) is 2.47. The van der Waals surface area contributed by atoms with Gasteiger partial charge >= 0.3 is 0 Å². The molecule has 4 heteroatoms. The molecule has 0 aliphatic carbocycles. The second kappa shape index (κ2) is 5.25. The molecule has 1 amide bonds. The van der Waals surface area contributed by atoms with Gasteiger partial charge in [0.2, 0.25) is 0 Å². The van der Waals surface area contributed by atoms with Crippen LogP contribution in [0.25, 0.3) is 0 Å². The standard InChI is InChI=1S/C12H18N2OS/c1-8(2)16-11-6-5-9(7-10(11)13)12(15)14(3)4/h5-8H,13H2,1-4H3. The number of benzene rings is 1. The average molecular weight is 238 g/mol. The normalized spacial score (nSPS) is 10.6. The third kappa shape index (κ3) is 3.17. The van der Waals surface area contributed by atoms with Gasteiger partial charge in [0.1, 0.15) is 0 Å². The Labute approximate surface area is 101 Å². The van der Waals surface area contributed by atoms with Crippen molar-refractivity contribution in [1.29, 1.82) is 0 Å². The number of amides is 1. The molecule has 0 saturated heterocycles. The van der Waals surface area contributed by atoms with Crippen LogP contribution in [-0.2, 0) is 0 Å². The number of hydrogen-bond donors (Lipinski definition) is 1. The molecule has 1 aromatic rings. The van der Waals surface area contributed by atoms with Gasteiger partial charge in [0.05, 0.1) is 0 Å². The van der Waals surface area contributed by atoms with Gasteiger partial charge < -0.3 is 10.6 Å². The van der Waals surface area contributed by atoms with Crippen LogP contribution in [0.15, 0.2) is 23.1 Å². The van der Waals surface area contributed by atoms with Crippen LogP contribution in [0.1, 0.15) is 24.2 Å². The number of carbonyl (C=O) groups excluding carboxylic acids is 1. The van der Waals surface area contributed by atoms with Crippen molar-refractivity contribution in [2.24, 2.45) is 0 Å². The van der Waals surface area contributed by atoms with Crippen molar-refractivity contribution < 1.29 is 4.79 Å².